The lowest BCUT2D eigenvalue weighted by Crippen LogP contribution is -2.28. The van der Waals surface area contributed by atoms with Crippen molar-refractivity contribution < 1.29 is 14.3 Å². The van der Waals surface area contributed by atoms with Gasteiger partial charge in [0.2, 0.25) is 0 Å². The zero-order chi connectivity index (χ0) is 16.7. The molecule has 0 aliphatic carbocycles. The monoisotopic (exact) mass is 313 g/mol. The first-order chi connectivity index (χ1) is 11.1. The molecule has 0 atom stereocenters. The summed E-state index contributed by atoms with van der Waals surface area (Å²) in [6.07, 6.45) is 0. The second-order valence-electron chi connectivity index (χ2n) is 4.91. The van der Waals surface area contributed by atoms with Gasteiger partial charge in [-0.25, -0.2) is 4.79 Å². The first-order valence-corrected chi connectivity index (χ1v) is 7.12. The van der Waals surface area contributed by atoms with E-state index < -0.39 is 6.03 Å². The van der Waals surface area contributed by atoms with Crippen LogP contribution in [0.5, 0.6) is 5.75 Å². The van der Waals surface area contributed by atoms with Gasteiger partial charge in [-0.2, -0.15) is 0 Å². The molecule has 2 aromatic rings. The van der Waals surface area contributed by atoms with Gasteiger partial charge in [0.15, 0.2) is 0 Å². The molecule has 0 radical (unpaired) electrons. The first-order valence-electron chi connectivity index (χ1n) is 7.12. The van der Waals surface area contributed by atoms with Crippen molar-refractivity contribution >= 4 is 11.9 Å². The average molecular weight is 313 g/mol. The fourth-order valence-electron chi connectivity index (χ4n) is 2.09. The van der Waals surface area contributed by atoms with Gasteiger partial charge in [0.05, 0.1) is 7.11 Å². The van der Waals surface area contributed by atoms with Gasteiger partial charge in [-0.3, -0.25) is 4.79 Å². The first kappa shape index (κ1) is 16.4. The van der Waals surface area contributed by atoms with Gasteiger partial charge in [0, 0.05) is 24.2 Å². The number of rotatable bonds is 6. The predicted octanol–water partition coefficient (Wildman–Crippen LogP) is 1.79. The molecule has 0 spiro atoms. The largest absolute Gasteiger partial charge is 0.496 e. The number of para-hydroxylation sites is 1. The van der Waals surface area contributed by atoms with E-state index in [2.05, 4.69) is 10.6 Å². The molecule has 0 bridgehead atoms. The maximum Gasteiger partial charge on any atom is 0.312 e. The fourth-order valence-corrected chi connectivity index (χ4v) is 2.09. The van der Waals surface area contributed by atoms with Crippen molar-refractivity contribution in [2.75, 3.05) is 7.11 Å². The van der Waals surface area contributed by atoms with E-state index >= 15 is 0 Å². The van der Waals surface area contributed by atoms with Crippen LogP contribution in [0.25, 0.3) is 0 Å². The Labute approximate surface area is 134 Å². The number of ether oxygens (including phenoxy) is 1. The second-order valence-corrected chi connectivity index (χ2v) is 4.91. The molecule has 0 saturated carbocycles. The van der Waals surface area contributed by atoms with Gasteiger partial charge in [-0.1, -0.05) is 30.3 Å². The molecular weight excluding hydrogens is 294 g/mol. The molecule has 6 nitrogen and oxygen atoms in total. The van der Waals surface area contributed by atoms with Crippen LogP contribution in [0.1, 0.15) is 21.5 Å². The third kappa shape index (κ3) is 4.74. The second kappa shape index (κ2) is 7.84. The number of hydrogen-bond donors (Lipinski definition) is 3. The Hall–Kier alpha value is -3.02. The van der Waals surface area contributed by atoms with E-state index in [0.717, 1.165) is 16.9 Å². The van der Waals surface area contributed by atoms with Gasteiger partial charge in [0.25, 0.3) is 5.91 Å². The highest BCUT2D eigenvalue weighted by molar-refractivity contribution is 5.94. The van der Waals surface area contributed by atoms with Crippen LogP contribution in [0.2, 0.25) is 0 Å². The van der Waals surface area contributed by atoms with Gasteiger partial charge in [0.1, 0.15) is 5.75 Å². The molecule has 0 unspecified atom stereocenters. The van der Waals surface area contributed by atoms with Crippen LogP contribution in [-0.2, 0) is 13.1 Å². The highest BCUT2D eigenvalue weighted by Gasteiger charge is 2.07. The van der Waals surface area contributed by atoms with E-state index in [1.165, 1.54) is 0 Å². The van der Waals surface area contributed by atoms with E-state index in [9.17, 15) is 9.59 Å². The van der Waals surface area contributed by atoms with Crippen molar-refractivity contribution in [1.29, 1.82) is 0 Å². The zero-order valence-electron chi connectivity index (χ0n) is 12.8. The number of benzene rings is 2. The molecule has 0 fully saturated rings. The van der Waals surface area contributed by atoms with Crippen LogP contribution >= 0.6 is 0 Å². The molecule has 6 heteroatoms. The maximum atomic E-state index is 12.2. The SMILES string of the molecule is COc1ccccc1CNC(=O)c1ccc(CNC(N)=O)cc1. The molecule has 23 heavy (non-hydrogen) atoms. The highest BCUT2D eigenvalue weighted by Crippen LogP contribution is 2.16. The van der Waals surface area contributed by atoms with Crippen molar-refractivity contribution in [3.8, 4) is 5.75 Å². The van der Waals surface area contributed by atoms with Crippen LogP contribution in [0.3, 0.4) is 0 Å². The van der Waals surface area contributed by atoms with Crippen molar-refractivity contribution in [3.05, 3.63) is 65.2 Å². The topological polar surface area (TPSA) is 93.4 Å². The molecule has 3 amide bonds. The lowest BCUT2D eigenvalue weighted by atomic mass is 10.1. The minimum atomic E-state index is -0.580. The number of nitrogens with one attached hydrogen (secondary N) is 2. The van der Waals surface area contributed by atoms with Crippen LogP contribution in [0.4, 0.5) is 4.79 Å². The number of urea groups is 1. The summed E-state index contributed by atoms with van der Waals surface area (Å²) < 4.78 is 5.25. The Balaban J connectivity index is 1.94. The molecule has 2 aromatic carbocycles. The summed E-state index contributed by atoms with van der Waals surface area (Å²) in [5.41, 5.74) is 7.33. The Morgan fingerprint density at radius 1 is 1.00 bits per heavy atom. The Morgan fingerprint density at radius 2 is 1.70 bits per heavy atom. The summed E-state index contributed by atoms with van der Waals surface area (Å²) >= 11 is 0. The minimum absolute atomic E-state index is 0.176. The summed E-state index contributed by atoms with van der Waals surface area (Å²) in [6, 6.07) is 13.9. The number of hydrogen-bond acceptors (Lipinski definition) is 3. The zero-order valence-corrected chi connectivity index (χ0v) is 12.8. The van der Waals surface area contributed by atoms with Crippen LogP contribution in [-0.4, -0.2) is 19.0 Å². The van der Waals surface area contributed by atoms with E-state index in [1.807, 2.05) is 24.3 Å². The van der Waals surface area contributed by atoms with Gasteiger partial charge >= 0.3 is 6.03 Å². The van der Waals surface area contributed by atoms with Crippen LogP contribution < -0.4 is 21.1 Å². The standard InChI is InChI=1S/C17H19N3O3/c1-23-15-5-3-2-4-14(15)11-19-16(21)13-8-6-12(7-9-13)10-20-17(18)22/h2-9H,10-11H2,1H3,(H,19,21)(H3,18,20,22). The minimum Gasteiger partial charge on any atom is -0.496 e. The maximum absolute atomic E-state index is 12.2. The van der Waals surface area contributed by atoms with Crippen LogP contribution in [0, 0.1) is 0 Å². The number of carbonyl (C=O) groups excluding carboxylic acids is 2. The summed E-state index contributed by atoms with van der Waals surface area (Å²) in [7, 11) is 1.60. The Morgan fingerprint density at radius 3 is 2.35 bits per heavy atom. The van der Waals surface area contributed by atoms with E-state index in [0.29, 0.717) is 18.7 Å². The quantitative estimate of drug-likeness (QED) is 0.759. The number of nitrogens with two attached hydrogens (primary N) is 1. The number of amides is 3. The summed E-state index contributed by atoms with van der Waals surface area (Å²) in [5.74, 6) is 0.561. The number of methoxy groups -OCH3 is 1. The molecule has 4 N–H and O–H groups in total. The average Bonchev–Trinajstić information content (AvgIpc) is 2.58. The fraction of sp³-hybridized carbons (Fsp3) is 0.176. The normalized spacial score (nSPS) is 9.96. The van der Waals surface area contributed by atoms with Crippen molar-refractivity contribution in [2.45, 2.75) is 13.1 Å². The van der Waals surface area contributed by atoms with E-state index in [-0.39, 0.29) is 5.91 Å². The molecule has 2 rings (SSSR count). The summed E-state index contributed by atoms with van der Waals surface area (Å²) in [5, 5.41) is 5.35. The lowest BCUT2D eigenvalue weighted by molar-refractivity contribution is 0.0950. The molecular formula is C17H19N3O3. The van der Waals surface area contributed by atoms with Gasteiger partial charge in [-0.05, 0) is 23.8 Å². The third-order valence-electron chi connectivity index (χ3n) is 3.31. The molecule has 120 valence electrons. The molecule has 0 aliphatic heterocycles. The van der Waals surface area contributed by atoms with Crippen molar-refractivity contribution in [3.63, 3.8) is 0 Å². The molecule has 0 aliphatic rings. The Kier molecular flexibility index (Phi) is 5.57. The lowest BCUT2D eigenvalue weighted by Gasteiger charge is -2.10. The van der Waals surface area contributed by atoms with E-state index in [1.54, 1.807) is 31.4 Å². The molecule has 0 aromatic heterocycles. The van der Waals surface area contributed by atoms with Gasteiger partial charge < -0.3 is 21.1 Å². The third-order valence-corrected chi connectivity index (χ3v) is 3.31. The molecule has 0 heterocycles. The van der Waals surface area contributed by atoms with Crippen LogP contribution in [0.15, 0.2) is 48.5 Å². The van der Waals surface area contributed by atoms with Crippen molar-refractivity contribution in [2.24, 2.45) is 5.73 Å². The predicted molar refractivity (Wildman–Crippen MR) is 87.0 cm³/mol. The highest BCUT2D eigenvalue weighted by atomic mass is 16.5. The molecule has 0 saturated heterocycles. The summed E-state index contributed by atoms with van der Waals surface area (Å²) in [6.45, 7) is 0.715. The number of carbonyl (C=O) groups is 2. The Bertz CT molecular complexity index is 684. The number of primary amides is 1. The van der Waals surface area contributed by atoms with Gasteiger partial charge in [-0.15, -0.1) is 0 Å². The van der Waals surface area contributed by atoms with Crippen molar-refractivity contribution in [1.82, 2.24) is 10.6 Å². The smallest absolute Gasteiger partial charge is 0.312 e. The summed E-state index contributed by atoms with van der Waals surface area (Å²) in [4.78, 5) is 22.8. The van der Waals surface area contributed by atoms with E-state index in [4.69, 9.17) is 10.5 Å².